The third kappa shape index (κ3) is 3.34. The summed E-state index contributed by atoms with van der Waals surface area (Å²) in [6.45, 7) is 4.98. The van der Waals surface area contributed by atoms with E-state index < -0.39 is 5.60 Å². The van der Waals surface area contributed by atoms with Gasteiger partial charge in [-0.2, -0.15) is 5.10 Å². The second kappa shape index (κ2) is 6.75. The summed E-state index contributed by atoms with van der Waals surface area (Å²) in [5.74, 6) is -0.202. The number of hydrogen-bond acceptors (Lipinski definition) is 4. The standard InChI is InChI=1S/C18H23N3O3/c1-13-16(14(2)21(20-13)15-6-4-3-5-7-15)17(22)19-12-18(23)8-10-24-11-9-18/h3-7,23H,8-12H2,1-2H3,(H,19,22). The highest BCUT2D eigenvalue weighted by Gasteiger charge is 2.31. The molecule has 0 atom stereocenters. The molecule has 1 saturated heterocycles. The lowest BCUT2D eigenvalue weighted by atomic mass is 9.94. The Bertz CT molecular complexity index is 719. The molecule has 0 radical (unpaired) electrons. The summed E-state index contributed by atoms with van der Waals surface area (Å²) in [4.78, 5) is 12.6. The third-order valence-electron chi connectivity index (χ3n) is 4.52. The second-order valence-corrected chi connectivity index (χ2v) is 6.31. The van der Waals surface area contributed by atoms with Gasteiger partial charge >= 0.3 is 0 Å². The van der Waals surface area contributed by atoms with E-state index in [-0.39, 0.29) is 12.5 Å². The number of rotatable bonds is 4. The van der Waals surface area contributed by atoms with Crippen LogP contribution in [-0.4, -0.2) is 46.2 Å². The predicted octanol–water partition coefficient (Wildman–Crippen LogP) is 1.76. The minimum atomic E-state index is -0.884. The normalized spacial score (nSPS) is 16.8. The molecule has 2 N–H and O–H groups in total. The number of aromatic nitrogens is 2. The van der Waals surface area contributed by atoms with Gasteiger partial charge in [-0.3, -0.25) is 4.79 Å². The Hall–Kier alpha value is -2.18. The number of para-hydroxylation sites is 1. The fourth-order valence-corrected chi connectivity index (χ4v) is 3.05. The molecule has 1 aromatic heterocycles. The SMILES string of the molecule is Cc1nn(-c2ccccc2)c(C)c1C(=O)NCC1(O)CCOCC1. The number of aryl methyl sites for hydroxylation is 1. The number of carbonyl (C=O) groups is 1. The van der Waals surface area contributed by atoms with Crippen LogP contribution in [0.15, 0.2) is 30.3 Å². The van der Waals surface area contributed by atoms with Gasteiger partial charge in [-0.1, -0.05) is 18.2 Å². The van der Waals surface area contributed by atoms with Crippen molar-refractivity contribution in [3.8, 4) is 5.69 Å². The van der Waals surface area contributed by atoms with Crippen LogP contribution in [0.2, 0.25) is 0 Å². The maximum atomic E-state index is 12.6. The van der Waals surface area contributed by atoms with E-state index in [1.54, 1.807) is 4.68 Å². The van der Waals surface area contributed by atoms with Crippen molar-refractivity contribution in [3.05, 3.63) is 47.3 Å². The van der Waals surface area contributed by atoms with Gasteiger partial charge in [0.15, 0.2) is 0 Å². The van der Waals surface area contributed by atoms with Crippen LogP contribution in [-0.2, 0) is 4.74 Å². The number of amides is 1. The van der Waals surface area contributed by atoms with E-state index in [0.717, 1.165) is 11.4 Å². The first-order valence-corrected chi connectivity index (χ1v) is 8.20. The quantitative estimate of drug-likeness (QED) is 0.896. The smallest absolute Gasteiger partial charge is 0.255 e. The molecule has 1 aliphatic rings. The number of carbonyl (C=O) groups excluding carboxylic acids is 1. The van der Waals surface area contributed by atoms with E-state index in [1.165, 1.54) is 0 Å². The highest BCUT2D eigenvalue weighted by molar-refractivity contribution is 5.96. The van der Waals surface area contributed by atoms with Crippen LogP contribution in [0.1, 0.15) is 34.6 Å². The summed E-state index contributed by atoms with van der Waals surface area (Å²) in [5.41, 5.74) is 2.06. The molecule has 1 aromatic carbocycles. The van der Waals surface area contributed by atoms with Crippen molar-refractivity contribution in [2.24, 2.45) is 0 Å². The fraction of sp³-hybridized carbons (Fsp3) is 0.444. The van der Waals surface area contributed by atoms with Gasteiger partial charge in [0.1, 0.15) is 0 Å². The zero-order valence-electron chi connectivity index (χ0n) is 14.1. The van der Waals surface area contributed by atoms with Crippen LogP contribution in [0.5, 0.6) is 0 Å². The van der Waals surface area contributed by atoms with E-state index >= 15 is 0 Å². The maximum absolute atomic E-state index is 12.6. The summed E-state index contributed by atoms with van der Waals surface area (Å²) in [7, 11) is 0. The van der Waals surface area contributed by atoms with Gasteiger partial charge in [-0.25, -0.2) is 4.68 Å². The molecule has 6 heteroatoms. The minimum absolute atomic E-state index is 0.202. The van der Waals surface area contributed by atoms with Crippen molar-refractivity contribution in [1.29, 1.82) is 0 Å². The van der Waals surface area contributed by atoms with Crippen LogP contribution in [0.3, 0.4) is 0 Å². The van der Waals surface area contributed by atoms with Crippen molar-refractivity contribution in [2.75, 3.05) is 19.8 Å². The molecule has 0 bridgehead atoms. The number of nitrogens with one attached hydrogen (secondary N) is 1. The Balaban J connectivity index is 1.77. The Morgan fingerprint density at radius 2 is 1.96 bits per heavy atom. The summed E-state index contributed by atoms with van der Waals surface area (Å²) in [6.07, 6.45) is 1.07. The molecular formula is C18H23N3O3. The monoisotopic (exact) mass is 329 g/mol. The average Bonchev–Trinajstić information content (AvgIpc) is 2.89. The zero-order valence-corrected chi connectivity index (χ0v) is 14.1. The van der Waals surface area contributed by atoms with Crippen molar-refractivity contribution >= 4 is 5.91 Å². The average molecular weight is 329 g/mol. The Morgan fingerprint density at radius 3 is 2.62 bits per heavy atom. The highest BCUT2D eigenvalue weighted by Crippen LogP contribution is 2.21. The van der Waals surface area contributed by atoms with Crippen molar-refractivity contribution in [1.82, 2.24) is 15.1 Å². The zero-order chi connectivity index (χ0) is 17.2. The summed E-state index contributed by atoms with van der Waals surface area (Å²) in [5, 5.41) is 17.8. The van der Waals surface area contributed by atoms with Crippen molar-refractivity contribution in [3.63, 3.8) is 0 Å². The number of hydrogen-bond donors (Lipinski definition) is 2. The summed E-state index contributed by atoms with van der Waals surface area (Å²) < 4.78 is 7.03. The second-order valence-electron chi connectivity index (χ2n) is 6.31. The summed E-state index contributed by atoms with van der Waals surface area (Å²) >= 11 is 0. The molecule has 0 spiro atoms. The van der Waals surface area contributed by atoms with E-state index in [9.17, 15) is 9.90 Å². The lowest BCUT2D eigenvalue weighted by Crippen LogP contribution is -2.46. The first kappa shape index (κ1) is 16.7. The van der Waals surface area contributed by atoms with Gasteiger partial charge in [-0.15, -0.1) is 0 Å². The van der Waals surface area contributed by atoms with Crippen LogP contribution >= 0.6 is 0 Å². The largest absolute Gasteiger partial charge is 0.388 e. The molecular weight excluding hydrogens is 306 g/mol. The van der Waals surface area contributed by atoms with Crippen LogP contribution in [0.4, 0.5) is 0 Å². The van der Waals surface area contributed by atoms with E-state index in [0.29, 0.717) is 37.3 Å². The Labute approximate surface area is 141 Å². The molecule has 128 valence electrons. The topological polar surface area (TPSA) is 76.4 Å². The molecule has 0 aliphatic carbocycles. The number of nitrogens with zero attached hydrogens (tertiary/aromatic N) is 2. The molecule has 1 amide bonds. The van der Waals surface area contributed by atoms with Gasteiger partial charge in [0.25, 0.3) is 5.91 Å². The molecule has 2 aromatic rings. The number of ether oxygens (including phenoxy) is 1. The van der Waals surface area contributed by atoms with Crippen LogP contribution < -0.4 is 5.32 Å². The van der Waals surface area contributed by atoms with E-state index in [4.69, 9.17) is 4.74 Å². The lowest BCUT2D eigenvalue weighted by molar-refractivity contribution is -0.0605. The molecule has 6 nitrogen and oxygen atoms in total. The molecule has 3 rings (SSSR count). The Kier molecular flexibility index (Phi) is 4.69. The molecule has 1 fully saturated rings. The third-order valence-corrected chi connectivity index (χ3v) is 4.52. The highest BCUT2D eigenvalue weighted by atomic mass is 16.5. The number of benzene rings is 1. The molecule has 1 aliphatic heterocycles. The van der Waals surface area contributed by atoms with Gasteiger partial charge in [0.2, 0.25) is 0 Å². The first-order chi connectivity index (χ1) is 11.5. The predicted molar refractivity (Wildman–Crippen MR) is 90.4 cm³/mol. The van der Waals surface area contributed by atoms with Gasteiger partial charge in [0.05, 0.1) is 28.2 Å². The van der Waals surface area contributed by atoms with Gasteiger partial charge in [0, 0.05) is 32.6 Å². The van der Waals surface area contributed by atoms with Gasteiger partial charge < -0.3 is 15.2 Å². The molecule has 2 heterocycles. The molecule has 0 saturated carbocycles. The molecule has 0 unspecified atom stereocenters. The van der Waals surface area contributed by atoms with Crippen LogP contribution in [0, 0.1) is 13.8 Å². The van der Waals surface area contributed by atoms with Crippen molar-refractivity contribution < 1.29 is 14.6 Å². The lowest BCUT2D eigenvalue weighted by Gasteiger charge is -2.32. The number of aliphatic hydroxyl groups is 1. The van der Waals surface area contributed by atoms with Gasteiger partial charge in [-0.05, 0) is 26.0 Å². The maximum Gasteiger partial charge on any atom is 0.255 e. The van der Waals surface area contributed by atoms with E-state index in [2.05, 4.69) is 10.4 Å². The minimum Gasteiger partial charge on any atom is -0.388 e. The van der Waals surface area contributed by atoms with E-state index in [1.807, 2.05) is 44.2 Å². The van der Waals surface area contributed by atoms with Crippen molar-refractivity contribution in [2.45, 2.75) is 32.3 Å². The van der Waals surface area contributed by atoms with Crippen LogP contribution in [0.25, 0.3) is 5.69 Å². The molecule has 24 heavy (non-hydrogen) atoms. The summed E-state index contributed by atoms with van der Waals surface area (Å²) in [6, 6.07) is 9.72. The fourth-order valence-electron chi connectivity index (χ4n) is 3.05. The first-order valence-electron chi connectivity index (χ1n) is 8.20. The Morgan fingerprint density at radius 1 is 1.29 bits per heavy atom.